The summed E-state index contributed by atoms with van der Waals surface area (Å²) < 4.78 is 10.7. The fourth-order valence-corrected chi connectivity index (χ4v) is 1.92. The normalized spacial score (nSPS) is 11.0. The lowest BCUT2D eigenvalue weighted by molar-refractivity contribution is -0.116. The highest BCUT2D eigenvalue weighted by molar-refractivity contribution is 5.91. The minimum Gasteiger partial charge on any atom is -0.462 e. The van der Waals surface area contributed by atoms with Gasteiger partial charge in [0, 0.05) is 19.2 Å². The number of hydrogen-bond donors (Lipinski definition) is 1. The summed E-state index contributed by atoms with van der Waals surface area (Å²) in [5.41, 5.74) is 2.18. The first-order valence-electron chi connectivity index (χ1n) is 7.35. The molecular weight excluding hydrogens is 278 g/mol. The zero-order chi connectivity index (χ0) is 15.8. The maximum absolute atomic E-state index is 11.7. The summed E-state index contributed by atoms with van der Waals surface area (Å²) in [6, 6.07) is 11.7. The topological polar surface area (TPSA) is 51.5 Å². The van der Waals surface area contributed by atoms with E-state index >= 15 is 0 Å². The van der Waals surface area contributed by atoms with Crippen molar-refractivity contribution in [3.8, 4) is 0 Å². The predicted molar refractivity (Wildman–Crippen MR) is 86.1 cm³/mol. The van der Waals surface area contributed by atoms with Crippen molar-refractivity contribution in [3.05, 3.63) is 65.1 Å². The van der Waals surface area contributed by atoms with Crippen LogP contribution in [0.5, 0.6) is 0 Å². The number of furan rings is 1. The van der Waals surface area contributed by atoms with Gasteiger partial charge in [0.15, 0.2) is 0 Å². The van der Waals surface area contributed by atoms with Crippen LogP contribution in [0, 0.1) is 6.92 Å². The van der Waals surface area contributed by atoms with Gasteiger partial charge >= 0.3 is 0 Å². The number of amides is 1. The first kappa shape index (κ1) is 16.0. The number of carbonyl (C=O) groups is 1. The molecular formula is C18H21NO3. The number of benzene rings is 1. The van der Waals surface area contributed by atoms with Crippen LogP contribution in [0.25, 0.3) is 6.08 Å². The molecule has 0 aliphatic heterocycles. The second kappa shape index (κ2) is 8.20. The highest BCUT2D eigenvalue weighted by Crippen LogP contribution is 2.08. The van der Waals surface area contributed by atoms with E-state index in [1.165, 1.54) is 6.08 Å². The van der Waals surface area contributed by atoms with Gasteiger partial charge in [0.05, 0.1) is 6.61 Å². The molecule has 0 atom stereocenters. The molecule has 1 N–H and O–H groups in total. The van der Waals surface area contributed by atoms with E-state index in [2.05, 4.69) is 5.32 Å². The molecule has 0 radical (unpaired) electrons. The standard InChI is InChI=1S/C18H21NO3/c1-3-21-13-16-7-5-15(6-8-16)12-19-18(20)11-10-17-9-4-14(2)22-17/h4-11H,3,12-13H2,1-2H3,(H,19,20)/b11-10+. The van der Waals surface area contributed by atoms with Crippen molar-refractivity contribution in [2.24, 2.45) is 0 Å². The van der Waals surface area contributed by atoms with Crippen molar-refractivity contribution in [1.29, 1.82) is 0 Å². The Hall–Kier alpha value is -2.33. The van der Waals surface area contributed by atoms with E-state index in [1.807, 2.05) is 50.2 Å². The minimum atomic E-state index is -0.146. The van der Waals surface area contributed by atoms with E-state index in [9.17, 15) is 4.79 Å². The Balaban J connectivity index is 1.79. The van der Waals surface area contributed by atoms with Gasteiger partial charge in [-0.15, -0.1) is 0 Å². The van der Waals surface area contributed by atoms with Crippen molar-refractivity contribution in [3.63, 3.8) is 0 Å². The van der Waals surface area contributed by atoms with Gasteiger partial charge in [-0.1, -0.05) is 24.3 Å². The third-order valence-electron chi connectivity index (χ3n) is 3.12. The van der Waals surface area contributed by atoms with Crippen LogP contribution >= 0.6 is 0 Å². The van der Waals surface area contributed by atoms with Gasteiger partial charge in [0.2, 0.25) is 5.91 Å². The van der Waals surface area contributed by atoms with Gasteiger partial charge in [0.1, 0.15) is 11.5 Å². The fourth-order valence-electron chi connectivity index (χ4n) is 1.92. The second-order valence-electron chi connectivity index (χ2n) is 4.95. The van der Waals surface area contributed by atoms with E-state index in [-0.39, 0.29) is 5.91 Å². The Bertz CT molecular complexity index is 626. The van der Waals surface area contributed by atoms with Crippen LogP contribution in [0.1, 0.15) is 29.6 Å². The third kappa shape index (κ3) is 5.22. The van der Waals surface area contributed by atoms with Crippen LogP contribution in [0.15, 0.2) is 46.9 Å². The molecule has 0 spiro atoms. The van der Waals surface area contributed by atoms with E-state index in [1.54, 1.807) is 6.08 Å². The van der Waals surface area contributed by atoms with Crippen LogP contribution in [-0.4, -0.2) is 12.5 Å². The highest BCUT2D eigenvalue weighted by Gasteiger charge is 1.99. The molecule has 0 aliphatic rings. The van der Waals surface area contributed by atoms with Gasteiger partial charge in [-0.2, -0.15) is 0 Å². The molecule has 22 heavy (non-hydrogen) atoms. The molecule has 0 bridgehead atoms. The molecule has 1 heterocycles. The first-order valence-corrected chi connectivity index (χ1v) is 7.35. The van der Waals surface area contributed by atoms with Gasteiger partial charge in [-0.3, -0.25) is 4.79 Å². The summed E-state index contributed by atoms with van der Waals surface area (Å²) in [5, 5.41) is 2.84. The lowest BCUT2D eigenvalue weighted by atomic mass is 10.1. The smallest absolute Gasteiger partial charge is 0.244 e. The van der Waals surface area contributed by atoms with Crippen molar-refractivity contribution in [2.45, 2.75) is 27.0 Å². The molecule has 2 rings (SSSR count). The lowest BCUT2D eigenvalue weighted by Gasteiger charge is -2.05. The highest BCUT2D eigenvalue weighted by atomic mass is 16.5. The number of ether oxygens (including phenoxy) is 1. The Morgan fingerprint density at radius 3 is 2.55 bits per heavy atom. The summed E-state index contributed by atoms with van der Waals surface area (Å²) in [4.78, 5) is 11.7. The summed E-state index contributed by atoms with van der Waals surface area (Å²) in [5.74, 6) is 1.35. The zero-order valence-electron chi connectivity index (χ0n) is 13.0. The molecule has 1 amide bonds. The number of carbonyl (C=O) groups excluding carboxylic acids is 1. The lowest BCUT2D eigenvalue weighted by Crippen LogP contribution is -2.20. The molecule has 2 aromatic rings. The van der Waals surface area contributed by atoms with Crippen molar-refractivity contribution >= 4 is 12.0 Å². The second-order valence-corrected chi connectivity index (χ2v) is 4.95. The number of rotatable bonds is 7. The molecule has 1 aromatic carbocycles. The summed E-state index contributed by atoms with van der Waals surface area (Å²) in [6.07, 6.45) is 3.13. The van der Waals surface area contributed by atoms with Crippen LogP contribution < -0.4 is 5.32 Å². The van der Waals surface area contributed by atoms with Crippen LogP contribution in [-0.2, 0) is 22.7 Å². The van der Waals surface area contributed by atoms with Gasteiger partial charge in [-0.25, -0.2) is 0 Å². The van der Waals surface area contributed by atoms with Gasteiger partial charge in [-0.05, 0) is 43.2 Å². The molecule has 0 aliphatic carbocycles. The molecule has 4 nitrogen and oxygen atoms in total. The Morgan fingerprint density at radius 1 is 1.18 bits per heavy atom. The van der Waals surface area contributed by atoms with Crippen molar-refractivity contribution in [1.82, 2.24) is 5.32 Å². The third-order valence-corrected chi connectivity index (χ3v) is 3.12. The average molecular weight is 299 g/mol. The molecule has 0 saturated heterocycles. The summed E-state index contributed by atoms with van der Waals surface area (Å²) in [7, 11) is 0. The summed E-state index contributed by atoms with van der Waals surface area (Å²) in [6.45, 7) is 5.66. The largest absolute Gasteiger partial charge is 0.462 e. The SMILES string of the molecule is CCOCc1ccc(CNC(=O)/C=C/c2ccc(C)o2)cc1. The van der Waals surface area contributed by atoms with E-state index in [0.717, 1.165) is 16.9 Å². The van der Waals surface area contributed by atoms with Crippen LogP contribution in [0.3, 0.4) is 0 Å². The zero-order valence-corrected chi connectivity index (χ0v) is 13.0. The van der Waals surface area contributed by atoms with Crippen molar-refractivity contribution in [2.75, 3.05) is 6.61 Å². The molecule has 0 fully saturated rings. The Kier molecular flexibility index (Phi) is 5.98. The monoisotopic (exact) mass is 299 g/mol. The van der Waals surface area contributed by atoms with E-state index in [0.29, 0.717) is 25.5 Å². The summed E-state index contributed by atoms with van der Waals surface area (Å²) >= 11 is 0. The number of nitrogens with one attached hydrogen (secondary N) is 1. The number of aryl methyl sites for hydroxylation is 1. The minimum absolute atomic E-state index is 0.146. The predicted octanol–water partition coefficient (Wildman–Crippen LogP) is 3.45. The molecule has 116 valence electrons. The van der Waals surface area contributed by atoms with Crippen LogP contribution in [0.4, 0.5) is 0 Å². The van der Waals surface area contributed by atoms with Gasteiger partial charge < -0.3 is 14.5 Å². The Labute approximate surface area is 130 Å². The number of hydrogen-bond acceptors (Lipinski definition) is 3. The molecule has 0 saturated carbocycles. The Morgan fingerprint density at radius 2 is 1.91 bits per heavy atom. The molecule has 1 aromatic heterocycles. The quantitative estimate of drug-likeness (QED) is 0.797. The van der Waals surface area contributed by atoms with Crippen molar-refractivity contribution < 1.29 is 13.9 Å². The van der Waals surface area contributed by atoms with Crippen LogP contribution in [0.2, 0.25) is 0 Å². The maximum Gasteiger partial charge on any atom is 0.244 e. The molecule has 0 unspecified atom stereocenters. The van der Waals surface area contributed by atoms with Gasteiger partial charge in [0.25, 0.3) is 0 Å². The molecule has 4 heteroatoms. The maximum atomic E-state index is 11.7. The first-order chi connectivity index (χ1) is 10.7. The van der Waals surface area contributed by atoms with E-state index in [4.69, 9.17) is 9.15 Å². The van der Waals surface area contributed by atoms with E-state index < -0.39 is 0 Å². The average Bonchev–Trinajstić information content (AvgIpc) is 2.95. The fraction of sp³-hybridized carbons (Fsp3) is 0.278.